The first-order chi connectivity index (χ1) is 13.9. The molecule has 6 nitrogen and oxygen atoms in total. The van der Waals surface area contributed by atoms with E-state index in [1.807, 2.05) is 6.92 Å². The van der Waals surface area contributed by atoms with Crippen molar-refractivity contribution in [2.45, 2.75) is 33.1 Å². The molecule has 0 unspecified atom stereocenters. The second-order valence-corrected chi connectivity index (χ2v) is 6.58. The van der Waals surface area contributed by atoms with Gasteiger partial charge in [0.1, 0.15) is 17.2 Å². The molecule has 0 aliphatic heterocycles. The van der Waals surface area contributed by atoms with Crippen LogP contribution in [0.15, 0.2) is 42.5 Å². The molecule has 0 atom stereocenters. The number of phenolic OH excluding ortho intramolecular Hbond substituents is 1. The second kappa shape index (κ2) is 10.9. The highest BCUT2D eigenvalue weighted by molar-refractivity contribution is 5.97. The number of aliphatic carboxylic acids is 1. The second-order valence-electron chi connectivity index (χ2n) is 6.58. The highest BCUT2D eigenvalue weighted by Gasteiger charge is 2.13. The van der Waals surface area contributed by atoms with Crippen molar-refractivity contribution in [3.8, 4) is 17.2 Å². The van der Waals surface area contributed by atoms with E-state index < -0.39 is 5.97 Å². The number of hydrogen-bond acceptors (Lipinski definition) is 5. The highest BCUT2D eigenvalue weighted by atomic mass is 16.5. The lowest BCUT2D eigenvalue weighted by molar-refractivity contribution is -0.131. The molecule has 0 radical (unpaired) electrons. The maximum atomic E-state index is 11.7. The molecule has 6 heteroatoms. The minimum Gasteiger partial charge on any atom is -0.507 e. The first-order valence-corrected chi connectivity index (χ1v) is 9.54. The van der Waals surface area contributed by atoms with Gasteiger partial charge in [-0.05, 0) is 54.8 Å². The van der Waals surface area contributed by atoms with Gasteiger partial charge in [-0.3, -0.25) is 4.79 Å². The van der Waals surface area contributed by atoms with Gasteiger partial charge in [-0.25, -0.2) is 4.79 Å². The van der Waals surface area contributed by atoms with Crippen molar-refractivity contribution in [2.24, 2.45) is 0 Å². The fourth-order valence-corrected chi connectivity index (χ4v) is 2.76. The summed E-state index contributed by atoms with van der Waals surface area (Å²) < 4.78 is 11.4. The van der Waals surface area contributed by atoms with Crippen molar-refractivity contribution in [3.05, 3.63) is 59.2 Å². The third kappa shape index (κ3) is 6.99. The fourth-order valence-electron chi connectivity index (χ4n) is 2.76. The van der Waals surface area contributed by atoms with Gasteiger partial charge in [-0.15, -0.1) is 0 Å². The van der Waals surface area contributed by atoms with Crippen LogP contribution in [0.25, 0.3) is 6.08 Å². The van der Waals surface area contributed by atoms with Crippen LogP contribution in [0.3, 0.4) is 0 Å². The van der Waals surface area contributed by atoms with E-state index in [1.165, 1.54) is 13.0 Å². The van der Waals surface area contributed by atoms with E-state index in [4.69, 9.17) is 14.6 Å². The topological polar surface area (TPSA) is 93.1 Å². The number of hydrogen-bond donors (Lipinski definition) is 2. The normalized spacial score (nSPS) is 10.8. The number of Topliss-reactive ketones (excluding diaryl/α,β-unsaturated/α-hetero) is 1. The number of phenols is 1. The number of carbonyl (C=O) groups excluding carboxylic acids is 1. The Labute approximate surface area is 170 Å². The number of rotatable bonds is 11. The molecular weight excluding hydrogens is 372 g/mol. The van der Waals surface area contributed by atoms with Crippen LogP contribution in [0.4, 0.5) is 0 Å². The Morgan fingerprint density at radius 2 is 1.69 bits per heavy atom. The summed E-state index contributed by atoms with van der Waals surface area (Å²) in [5, 5.41) is 18.8. The summed E-state index contributed by atoms with van der Waals surface area (Å²) in [5.41, 5.74) is 1.77. The maximum absolute atomic E-state index is 11.7. The molecule has 2 rings (SSSR count). The molecule has 0 spiro atoms. The zero-order valence-corrected chi connectivity index (χ0v) is 16.7. The van der Waals surface area contributed by atoms with E-state index in [-0.39, 0.29) is 17.1 Å². The fraction of sp³-hybridized carbons (Fsp3) is 0.304. The van der Waals surface area contributed by atoms with Crippen LogP contribution in [-0.2, 0) is 11.2 Å². The summed E-state index contributed by atoms with van der Waals surface area (Å²) in [6.07, 6.45) is 4.76. The van der Waals surface area contributed by atoms with Crippen LogP contribution in [0, 0.1) is 0 Å². The molecule has 0 saturated carbocycles. The lowest BCUT2D eigenvalue weighted by atomic mass is 10.0. The summed E-state index contributed by atoms with van der Waals surface area (Å²) in [7, 11) is 0. The van der Waals surface area contributed by atoms with Crippen molar-refractivity contribution < 1.29 is 29.3 Å². The molecule has 0 bridgehead atoms. The minimum absolute atomic E-state index is 0.0386. The van der Waals surface area contributed by atoms with Crippen LogP contribution in [-0.4, -0.2) is 35.2 Å². The Bertz CT molecular complexity index is 868. The quantitative estimate of drug-likeness (QED) is 0.329. The molecule has 0 aliphatic carbocycles. The van der Waals surface area contributed by atoms with Gasteiger partial charge in [-0.2, -0.15) is 0 Å². The molecule has 0 heterocycles. The standard InChI is InChI=1S/C23H26O6/c1-3-5-18-14-20(15-21(16(2)24)23(18)27)29-13-4-12-28-19-9-6-17(7-10-19)8-11-22(25)26/h6-11,14-15,27H,3-5,12-13H2,1-2H3,(H,25,26). The van der Waals surface area contributed by atoms with E-state index in [0.717, 1.165) is 18.1 Å². The summed E-state index contributed by atoms with van der Waals surface area (Å²) in [6.45, 7) is 4.29. The van der Waals surface area contributed by atoms with E-state index >= 15 is 0 Å². The van der Waals surface area contributed by atoms with Gasteiger partial charge in [0.15, 0.2) is 5.78 Å². The number of carboxylic acid groups (broad SMARTS) is 1. The Morgan fingerprint density at radius 1 is 1.03 bits per heavy atom. The first kappa shape index (κ1) is 22.0. The van der Waals surface area contributed by atoms with E-state index in [1.54, 1.807) is 36.4 Å². The Morgan fingerprint density at radius 3 is 2.28 bits per heavy atom. The van der Waals surface area contributed by atoms with E-state index in [9.17, 15) is 14.7 Å². The third-order valence-corrected chi connectivity index (χ3v) is 4.19. The molecule has 154 valence electrons. The molecular formula is C23H26O6. The summed E-state index contributed by atoms with van der Waals surface area (Å²) >= 11 is 0. The van der Waals surface area contributed by atoms with Gasteiger partial charge in [0.05, 0.1) is 18.8 Å². The SMILES string of the molecule is CCCc1cc(OCCCOc2ccc(C=CC(=O)O)cc2)cc(C(C)=O)c1O. The Kier molecular flexibility index (Phi) is 8.27. The number of ether oxygens (including phenoxy) is 2. The Hall–Kier alpha value is -3.28. The number of carbonyl (C=O) groups is 2. The van der Waals surface area contributed by atoms with Gasteiger partial charge in [0.25, 0.3) is 0 Å². The van der Waals surface area contributed by atoms with Crippen LogP contribution < -0.4 is 9.47 Å². The number of aromatic hydroxyl groups is 1. The average Bonchev–Trinajstić information content (AvgIpc) is 2.69. The summed E-state index contributed by atoms with van der Waals surface area (Å²) in [4.78, 5) is 22.2. The molecule has 0 aromatic heterocycles. The maximum Gasteiger partial charge on any atom is 0.328 e. The van der Waals surface area contributed by atoms with Crippen molar-refractivity contribution >= 4 is 17.8 Å². The molecule has 2 N–H and O–H groups in total. The zero-order chi connectivity index (χ0) is 21.2. The third-order valence-electron chi connectivity index (χ3n) is 4.19. The van der Waals surface area contributed by atoms with Gasteiger partial charge >= 0.3 is 5.97 Å². The Balaban J connectivity index is 1.84. The van der Waals surface area contributed by atoms with Crippen LogP contribution in [0.1, 0.15) is 48.2 Å². The largest absolute Gasteiger partial charge is 0.507 e. The molecule has 2 aromatic rings. The molecule has 29 heavy (non-hydrogen) atoms. The predicted octanol–water partition coefficient (Wildman–Crippen LogP) is 4.49. The lowest BCUT2D eigenvalue weighted by Crippen LogP contribution is -2.06. The van der Waals surface area contributed by atoms with Crippen molar-refractivity contribution in [1.29, 1.82) is 0 Å². The molecule has 0 saturated heterocycles. The minimum atomic E-state index is -0.990. The number of ketones is 1. The lowest BCUT2D eigenvalue weighted by Gasteiger charge is -2.13. The van der Waals surface area contributed by atoms with E-state index in [2.05, 4.69) is 0 Å². The first-order valence-electron chi connectivity index (χ1n) is 9.54. The van der Waals surface area contributed by atoms with E-state index in [0.29, 0.717) is 43.1 Å². The van der Waals surface area contributed by atoms with Gasteiger partial charge in [0, 0.05) is 12.5 Å². The monoisotopic (exact) mass is 398 g/mol. The number of benzene rings is 2. The average molecular weight is 398 g/mol. The number of carboxylic acids is 1. The molecule has 2 aromatic carbocycles. The highest BCUT2D eigenvalue weighted by Crippen LogP contribution is 2.30. The molecule has 0 fully saturated rings. The molecule has 0 amide bonds. The van der Waals surface area contributed by atoms with Gasteiger partial charge in [0.2, 0.25) is 0 Å². The van der Waals surface area contributed by atoms with Crippen molar-refractivity contribution in [1.82, 2.24) is 0 Å². The predicted molar refractivity (Wildman–Crippen MR) is 111 cm³/mol. The van der Waals surface area contributed by atoms with Gasteiger partial charge < -0.3 is 19.7 Å². The van der Waals surface area contributed by atoms with Crippen molar-refractivity contribution in [3.63, 3.8) is 0 Å². The summed E-state index contributed by atoms with van der Waals surface area (Å²) in [6, 6.07) is 10.5. The van der Waals surface area contributed by atoms with Crippen LogP contribution in [0.2, 0.25) is 0 Å². The van der Waals surface area contributed by atoms with Crippen molar-refractivity contribution in [2.75, 3.05) is 13.2 Å². The van der Waals surface area contributed by atoms with Crippen LogP contribution in [0.5, 0.6) is 17.2 Å². The molecule has 0 aliphatic rings. The smallest absolute Gasteiger partial charge is 0.328 e. The summed E-state index contributed by atoms with van der Waals surface area (Å²) in [5.74, 6) is 0.0976. The van der Waals surface area contributed by atoms with Crippen LogP contribution >= 0.6 is 0 Å². The number of aryl methyl sites for hydroxylation is 1. The zero-order valence-electron chi connectivity index (χ0n) is 16.7. The van der Waals surface area contributed by atoms with Gasteiger partial charge in [-0.1, -0.05) is 25.5 Å².